The van der Waals surface area contributed by atoms with Crippen LogP contribution < -0.4 is 0 Å². The first-order chi connectivity index (χ1) is 7.36. The summed E-state index contributed by atoms with van der Waals surface area (Å²) in [7, 11) is 0. The van der Waals surface area contributed by atoms with Crippen LogP contribution in [0.25, 0.3) is 0 Å². The lowest BCUT2D eigenvalue weighted by Crippen LogP contribution is -2.26. The molecule has 2 atom stereocenters. The van der Waals surface area contributed by atoms with Crippen LogP contribution in [0.15, 0.2) is 24.4 Å². The first-order valence-corrected chi connectivity index (χ1v) is 6.39. The van der Waals surface area contributed by atoms with Gasteiger partial charge in [-0.3, -0.25) is 4.98 Å². The van der Waals surface area contributed by atoms with Crippen LogP contribution in [0.5, 0.6) is 0 Å². The Bertz CT molecular complexity index is 285. The zero-order valence-electron chi connectivity index (χ0n) is 8.73. The van der Waals surface area contributed by atoms with Gasteiger partial charge in [0, 0.05) is 29.7 Å². The number of nitrogens with zero attached hydrogens (tertiary/aromatic N) is 1. The van der Waals surface area contributed by atoms with Crippen LogP contribution >= 0.6 is 15.9 Å². The Kier molecular flexibility index (Phi) is 4.15. The molecule has 1 aliphatic heterocycles. The summed E-state index contributed by atoms with van der Waals surface area (Å²) >= 11 is 3.76. The Hall–Kier alpha value is -0.410. The minimum absolute atomic E-state index is 0.493. The molecule has 0 N–H and O–H groups in total. The molecular formula is C12H16BrNO. The standard InChI is InChI=1S/C12H16BrNO/c13-12(10-4-3-7-15-9-10)8-11-5-1-2-6-14-11/h1-2,5-6,10,12H,3-4,7-9H2. The molecule has 82 valence electrons. The van der Waals surface area contributed by atoms with E-state index >= 15 is 0 Å². The van der Waals surface area contributed by atoms with Crippen LogP contribution in [0.2, 0.25) is 0 Å². The molecule has 1 saturated heterocycles. The van der Waals surface area contributed by atoms with Crippen molar-refractivity contribution in [2.45, 2.75) is 24.1 Å². The van der Waals surface area contributed by atoms with Crippen molar-refractivity contribution in [2.24, 2.45) is 5.92 Å². The number of alkyl halides is 1. The summed E-state index contributed by atoms with van der Waals surface area (Å²) in [5.41, 5.74) is 1.16. The second kappa shape index (κ2) is 5.61. The molecule has 0 saturated carbocycles. The topological polar surface area (TPSA) is 22.1 Å². The number of aromatic nitrogens is 1. The van der Waals surface area contributed by atoms with Gasteiger partial charge in [-0.25, -0.2) is 0 Å². The van der Waals surface area contributed by atoms with Crippen LogP contribution in [0, 0.1) is 5.92 Å². The van der Waals surface area contributed by atoms with Crippen molar-refractivity contribution in [3.05, 3.63) is 30.1 Å². The summed E-state index contributed by atoms with van der Waals surface area (Å²) < 4.78 is 5.49. The van der Waals surface area contributed by atoms with Crippen LogP contribution in [0.3, 0.4) is 0 Å². The molecule has 1 fully saturated rings. The van der Waals surface area contributed by atoms with E-state index in [1.807, 2.05) is 18.3 Å². The molecule has 0 radical (unpaired) electrons. The van der Waals surface area contributed by atoms with Crippen molar-refractivity contribution in [2.75, 3.05) is 13.2 Å². The molecular weight excluding hydrogens is 254 g/mol. The molecule has 2 rings (SSSR count). The van der Waals surface area contributed by atoms with Crippen molar-refractivity contribution >= 4 is 15.9 Å². The zero-order chi connectivity index (χ0) is 10.5. The van der Waals surface area contributed by atoms with Gasteiger partial charge < -0.3 is 4.74 Å². The van der Waals surface area contributed by atoms with Gasteiger partial charge in [0.15, 0.2) is 0 Å². The second-order valence-electron chi connectivity index (χ2n) is 4.02. The molecule has 1 aromatic rings. The minimum Gasteiger partial charge on any atom is -0.381 e. The highest BCUT2D eigenvalue weighted by Gasteiger charge is 2.22. The van der Waals surface area contributed by atoms with Gasteiger partial charge in [0.2, 0.25) is 0 Å². The van der Waals surface area contributed by atoms with E-state index in [4.69, 9.17) is 4.74 Å². The molecule has 0 spiro atoms. The first kappa shape index (κ1) is 11.1. The predicted octanol–water partition coefficient (Wildman–Crippen LogP) is 2.81. The Balaban J connectivity index is 1.88. The van der Waals surface area contributed by atoms with E-state index in [2.05, 4.69) is 27.0 Å². The largest absolute Gasteiger partial charge is 0.381 e. The van der Waals surface area contributed by atoms with Crippen LogP contribution in [0.1, 0.15) is 18.5 Å². The van der Waals surface area contributed by atoms with E-state index in [0.717, 1.165) is 25.3 Å². The molecule has 0 bridgehead atoms. The monoisotopic (exact) mass is 269 g/mol. The number of ether oxygens (including phenoxy) is 1. The van der Waals surface area contributed by atoms with Crippen LogP contribution in [0.4, 0.5) is 0 Å². The Morgan fingerprint density at radius 3 is 3.13 bits per heavy atom. The minimum atomic E-state index is 0.493. The molecule has 0 aromatic carbocycles. The number of hydrogen-bond donors (Lipinski definition) is 0. The molecule has 15 heavy (non-hydrogen) atoms. The van der Waals surface area contributed by atoms with E-state index in [-0.39, 0.29) is 0 Å². The molecule has 2 nitrogen and oxygen atoms in total. The molecule has 0 aliphatic carbocycles. The lowest BCUT2D eigenvalue weighted by Gasteiger charge is -2.26. The number of pyridine rings is 1. The Morgan fingerprint density at radius 1 is 1.53 bits per heavy atom. The summed E-state index contributed by atoms with van der Waals surface area (Å²) in [6.45, 7) is 1.82. The molecule has 3 heteroatoms. The maximum atomic E-state index is 5.49. The van der Waals surface area contributed by atoms with Crippen molar-refractivity contribution in [1.82, 2.24) is 4.98 Å². The highest BCUT2D eigenvalue weighted by molar-refractivity contribution is 9.09. The van der Waals surface area contributed by atoms with Crippen molar-refractivity contribution in [3.63, 3.8) is 0 Å². The fraction of sp³-hybridized carbons (Fsp3) is 0.583. The van der Waals surface area contributed by atoms with Gasteiger partial charge in [0.1, 0.15) is 0 Å². The average Bonchev–Trinajstić information content (AvgIpc) is 2.31. The smallest absolute Gasteiger partial charge is 0.0505 e. The predicted molar refractivity (Wildman–Crippen MR) is 64.2 cm³/mol. The SMILES string of the molecule is BrC(Cc1ccccn1)C1CCCOC1. The summed E-state index contributed by atoms with van der Waals surface area (Å²) in [5.74, 6) is 0.640. The molecule has 1 aliphatic rings. The third-order valence-corrected chi connectivity index (χ3v) is 3.91. The lowest BCUT2D eigenvalue weighted by atomic mass is 9.96. The number of halogens is 1. The summed E-state index contributed by atoms with van der Waals surface area (Å²) in [6, 6.07) is 6.08. The van der Waals surface area contributed by atoms with Gasteiger partial charge in [-0.2, -0.15) is 0 Å². The molecule has 2 heterocycles. The highest BCUT2D eigenvalue weighted by Crippen LogP contribution is 2.25. The van der Waals surface area contributed by atoms with E-state index in [1.54, 1.807) is 0 Å². The van der Waals surface area contributed by atoms with E-state index in [0.29, 0.717) is 10.7 Å². The van der Waals surface area contributed by atoms with Gasteiger partial charge in [0.25, 0.3) is 0 Å². The number of rotatable bonds is 3. The van der Waals surface area contributed by atoms with Gasteiger partial charge in [0.05, 0.1) is 6.61 Å². The molecule has 0 amide bonds. The third kappa shape index (κ3) is 3.28. The zero-order valence-corrected chi connectivity index (χ0v) is 10.3. The van der Waals surface area contributed by atoms with Gasteiger partial charge >= 0.3 is 0 Å². The maximum Gasteiger partial charge on any atom is 0.0505 e. The summed E-state index contributed by atoms with van der Waals surface area (Å²) in [6.07, 6.45) is 5.30. The second-order valence-corrected chi connectivity index (χ2v) is 5.19. The third-order valence-electron chi connectivity index (χ3n) is 2.84. The highest BCUT2D eigenvalue weighted by atomic mass is 79.9. The van der Waals surface area contributed by atoms with E-state index in [9.17, 15) is 0 Å². The maximum absolute atomic E-state index is 5.49. The lowest BCUT2D eigenvalue weighted by molar-refractivity contribution is 0.0546. The van der Waals surface area contributed by atoms with Crippen LogP contribution in [-0.2, 0) is 11.2 Å². The van der Waals surface area contributed by atoms with Crippen molar-refractivity contribution in [1.29, 1.82) is 0 Å². The number of hydrogen-bond acceptors (Lipinski definition) is 2. The van der Waals surface area contributed by atoms with Crippen molar-refractivity contribution in [3.8, 4) is 0 Å². The van der Waals surface area contributed by atoms with Crippen molar-refractivity contribution < 1.29 is 4.74 Å². The quantitative estimate of drug-likeness (QED) is 0.788. The normalized spacial score (nSPS) is 23.7. The Morgan fingerprint density at radius 2 is 2.47 bits per heavy atom. The average molecular weight is 270 g/mol. The van der Waals surface area contributed by atoms with Crippen LogP contribution in [-0.4, -0.2) is 23.0 Å². The summed E-state index contributed by atoms with van der Waals surface area (Å²) in [5, 5.41) is 0. The molecule has 2 unspecified atom stereocenters. The molecule has 1 aromatic heterocycles. The van der Waals surface area contributed by atoms with Gasteiger partial charge in [-0.15, -0.1) is 0 Å². The fourth-order valence-electron chi connectivity index (χ4n) is 1.94. The van der Waals surface area contributed by atoms with Gasteiger partial charge in [-0.1, -0.05) is 22.0 Å². The summed E-state index contributed by atoms with van der Waals surface area (Å²) in [4.78, 5) is 4.84. The first-order valence-electron chi connectivity index (χ1n) is 5.48. The van der Waals surface area contributed by atoms with E-state index in [1.165, 1.54) is 12.8 Å². The van der Waals surface area contributed by atoms with Gasteiger partial charge in [-0.05, 0) is 30.9 Å². The fourth-order valence-corrected chi connectivity index (χ4v) is 2.68. The Labute approximate surface area is 99.2 Å². The van der Waals surface area contributed by atoms with E-state index < -0.39 is 0 Å².